The molecule has 88 valence electrons. The number of halogens is 4. The van der Waals surface area contributed by atoms with Crippen LogP contribution < -0.4 is 0 Å². The monoisotopic (exact) mass is 309 g/mol. The minimum Gasteiger partial charge on any atom is -0.293 e. The van der Waals surface area contributed by atoms with Gasteiger partial charge in [-0.25, -0.2) is 8.78 Å². The summed E-state index contributed by atoms with van der Waals surface area (Å²) >= 11 is 9.40. The van der Waals surface area contributed by atoms with Gasteiger partial charge in [-0.15, -0.1) is 0 Å². The molecule has 0 spiro atoms. The first-order valence-electron chi connectivity index (χ1n) is 5.01. The lowest BCUT2D eigenvalue weighted by Gasteiger charge is -2.16. The van der Waals surface area contributed by atoms with E-state index in [-0.39, 0.29) is 13.0 Å². The number of likely N-dealkylation sites (tertiary alicyclic amines) is 1. The molecule has 1 aromatic rings. The molecule has 0 aromatic heterocycles. The van der Waals surface area contributed by atoms with Gasteiger partial charge in [-0.05, 0) is 27.6 Å². The Hall–Kier alpha value is -0.190. The van der Waals surface area contributed by atoms with Crippen LogP contribution in [-0.2, 0) is 6.54 Å². The molecule has 1 aliphatic heterocycles. The molecule has 2 rings (SSSR count). The summed E-state index contributed by atoms with van der Waals surface area (Å²) < 4.78 is 26.8. The Morgan fingerprint density at radius 2 is 2.19 bits per heavy atom. The molecule has 5 heteroatoms. The highest BCUT2D eigenvalue weighted by atomic mass is 79.9. The normalized spacial score (nSPS) is 20.2. The third kappa shape index (κ3) is 2.73. The van der Waals surface area contributed by atoms with E-state index in [4.69, 9.17) is 11.6 Å². The van der Waals surface area contributed by atoms with E-state index in [0.717, 1.165) is 10.0 Å². The van der Waals surface area contributed by atoms with Gasteiger partial charge in [0.2, 0.25) is 0 Å². The maximum Gasteiger partial charge on any atom is 0.261 e. The minimum absolute atomic E-state index is 0.0569. The molecule has 1 saturated heterocycles. The number of hydrogen-bond acceptors (Lipinski definition) is 1. The Bertz CT molecular complexity index is 398. The predicted octanol–water partition coefficient (Wildman–Crippen LogP) is 3.94. The first kappa shape index (κ1) is 12.3. The summed E-state index contributed by atoms with van der Waals surface area (Å²) in [5.41, 5.74) is 0.883. The molecule has 1 fully saturated rings. The smallest absolute Gasteiger partial charge is 0.261 e. The van der Waals surface area contributed by atoms with Crippen molar-refractivity contribution < 1.29 is 8.78 Å². The predicted molar refractivity (Wildman–Crippen MR) is 64.0 cm³/mol. The van der Waals surface area contributed by atoms with E-state index in [1.807, 2.05) is 18.2 Å². The van der Waals surface area contributed by atoms with Crippen molar-refractivity contribution in [2.75, 3.05) is 13.1 Å². The molecule has 0 amide bonds. The van der Waals surface area contributed by atoms with Crippen molar-refractivity contribution in [3.05, 3.63) is 33.3 Å². The quantitative estimate of drug-likeness (QED) is 0.799. The van der Waals surface area contributed by atoms with E-state index in [2.05, 4.69) is 15.9 Å². The lowest BCUT2D eigenvalue weighted by Crippen LogP contribution is -2.24. The highest BCUT2D eigenvalue weighted by Crippen LogP contribution is 2.31. The largest absolute Gasteiger partial charge is 0.293 e. The molecule has 0 radical (unpaired) electrons. The fourth-order valence-corrected chi connectivity index (χ4v) is 2.45. The average Bonchev–Trinajstić information content (AvgIpc) is 2.53. The number of nitrogens with zero attached hydrogens (tertiary/aromatic N) is 1. The molecule has 0 aliphatic carbocycles. The second-order valence-corrected chi connectivity index (χ2v) is 5.26. The maximum absolute atomic E-state index is 13.0. The van der Waals surface area contributed by atoms with Crippen LogP contribution in [0.25, 0.3) is 0 Å². The summed E-state index contributed by atoms with van der Waals surface area (Å²) in [4.78, 5) is 1.73. The molecule has 0 saturated carbocycles. The lowest BCUT2D eigenvalue weighted by molar-refractivity contribution is 0.0115. The van der Waals surface area contributed by atoms with Crippen molar-refractivity contribution in [1.29, 1.82) is 0 Å². The molecule has 0 bridgehead atoms. The first-order chi connectivity index (χ1) is 7.48. The van der Waals surface area contributed by atoms with Crippen LogP contribution >= 0.6 is 27.5 Å². The van der Waals surface area contributed by atoms with Crippen molar-refractivity contribution in [2.24, 2.45) is 0 Å². The summed E-state index contributed by atoms with van der Waals surface area (Å²) in [6.07, 6.45) is -0.0569. The van der Waals surface area contributed by atoms with Gasteiger partial charge >= 0.3 is 0 Å². The molecule has 1 aliphatic rings. The first-order valence-corrected chi connectivity index (χ1v) is 6.18. The zero-order chi connectivity index (χ0) is 11.8. The lowest BCUT2D eigenvalue weighted by atomic mass is 10.2. The molecular formula is C11H11BrClF2N. The Morgan fingerprint density at radius 1 is 1.44 bits per heavy atom. The van der Waals surface area contributed by atoms with E-state index < -0.39 is 5.92 Å². The van der Waals surface area contributed by atoms with E-state index in [1.165, 1.54) is 0 Å². The van der Waals surface area contributed by atoms with Crippen molar-refractivity contribution in [3.63, 3.8) is 0 Å². The van der Waals surface area contributed by atoms with Crippen LogP contribution in [0, 0.1) is 0 Å². The summed E-state index contributed by atoms with van der Waals surface area (Å²) in [5.74, 6) is -2.54. The molecule has 0 N–H and O–H groups in total. The van der Waals surface area contributed by atoms with Gasteiger partial charge in [0.05, 0.1) is 11.6 Å². The summed E-state index contributed by atoms with van der Waals surface area (Å²) in [7, 11) is 0. The van der Waals surface area contributed by atoms with Crippen molar-refractivity contribution in [2.45, 2.75) is 18.9 Å². The molecule has 1 nitrogen and oxygen atoms in total. The van der Waals surface area contributed by atoms with Crippen LogP contribution in [-0.4, -0.2) is 23.9 Å². The molecule has 0 atom stereocenters. The van der Waals surface area contributed by atoms with Gasteiger partial charge in [0, 0.05) is 24.0 Å². The van der Waals surface area contributed by atoms with Crippen molar-refractivity contribution >= 4 is 27.5 Å². The van der Waals surface area contributed by atoms with Gasteiger partial charge in [-0.3, -0.25) is 4.90 Å². The number of alkyl halides is 2. The van der Waals surface area contributed by atoms with Crippen molar-refractivity contribution in [1.82, 2.24) is 4.90 Å². The van der Waals surface area contributed by atoms with Gasteiger partial charge in [0.25, 0.3) is 5.92 Å². The summed E-state index contributed by atoms with van der Waals surface area (Å²) in [5, 5.41) is 0.609. The zero-order valence-electron chi connectivity index (χ0n) is 8.52. The average molecular weight is 311 g/mol. The molecule has 1 heterocycles. The summed E-state index contributed by atoms with van der Waals surface area (Å²) in [6, 6.07) is 5.56. The van der Waals surface area contributed by atoms with Crippen LogP contribution in [0.3, 0.4) is 0 Å². The van der Waals surface area contributed by atoms with Crippen LogP contribution in [0.2, 0.25) is 5.02 Å². The minimum atomic E-state index is -2.54. The van der Waals surface area contributed by atoms with Crippen molar-refractivity contribution in [3.8, 4) is 0 Å². The highest BCUT2D eigenvalue weighted by Gasteiger charge is 2.38. The molecule has 1 aromatic carbocycles. The van der Waals surface area contributed by atoms with Crippen LogP contribution in [0.5, 0.6) is 0 Å². The van der Waals surface area contributed by atoms with Crippen LogP contribution in [0.15, 0.2) is 22.7 Å². The fraction of sp³-hybridized carbons (Fsp3) is 0.455. The standard InChI is InChI=1S/C11H11BrClF2N/c12-9-3-1-2-8(10(9)13)6-16-5-4-11(14,15)7-16/h1-3H,4-7H2. The topological polar surface area (TPSA) is 3.24 Å². The van der Waals surface area contributed by atoms with Gasteiger partial charge in [-0.1, -0.05) is 23.7 Å². The third-order valence-corrected chi connectivity index (χ3v) is 4.01. The van der Waals surface area contributed by atoms with Crippen LogP contribution in [0.4, 0.5) is 8.78 Å². The SMILES string of the molecule is FC1(F)CCN(Cc2cccc(Br)c2Cl)C1. The highest BCUT2D eigenvalue weighted by molar-refractivity contribution is 9.10. The number of rotatable bonds is 2. The third-order valence-electron chi connectivity index (χ3n) is 2.67. The molecule has 16 heavy (non-hydrogen) atoms. The van der Waals surface area contributed by atoms with Gasteiger partial charge < -0.3 is 0 Å². The Balaban J connectivity index is 2.08. The van der Waals surface area contributed by atoms with E-state index in [0.29, 0.717) is 18.1 Å². The summed E-state index contributed by atoms with van der Waals surface area (Å²) in [6.45, 7) is 0.736. The van der Waals surface area contributed by atoms with E-state index in [1.54, 1.807) is 4.90 Å². The maximum atomic E-state index is 13.0. The second-order valence-electron chi connectivity index (χ2n) is 4.03. The number of hydrogen-bond donors (Lipinski definition) is 0. The van der Waals surface area contributed by atoms with Gasteiger partial charge in [0.1, 0.15) is 0 Å². The Morgan fingerprint density at radius 3 is 2.81 bits per heavy atom. The van der Waals surface area contributed by atoms with E-state index in [9.17, 15) is 8.78 Å². The Kier molecular flexibility index (Phi) is 3.52. The molecular weight excluding hydrogens is 299 g/mol. The van der Waals surface area contributed by atoms with Crippen LogP contribution in [0.1, 0.15) is 12.0 Å². The second kappa shape index (κ2) is 4.59. The number of benzene rings is 1. The zero-order valence-corrected chi connectivity index (χ0v) is 10.9. The molecule has 0 unspecified atom stereocenters. The van der Waals surface area contributed by atoms with E-state index >= 15 is 0 Å². The van der Waals surface area contributed by atoms with Gasteiger partial charge in [-0.2, -0.15) is 0 Å². The Labute approximate surface area is 107 Å². The van der Waals surface area contributed by atoms with Gasteiger partial charge in [0.15, 0.2) is 0 Å². The fourth-order valence-electron chi connectivity index (χ4n) is 1.85.